The van der Waals surface area contributed by atoms with Crippen LogP contribution < -0.4 is 4.89 Å². The maximum atomic E-state index is 10.3. The summed E-state index contributed by atoms with van der Waals surface area (Å²) in [5.41, 5.74) is 1.74. The number of carbonyl (C=O) groups is 1. The fraction of sp³-hybridized carbons (Fsp3) is 0.100. The van der Waals surface area contributed by atoms with E-state index in [1.54, 1.807) is 6.07 Å². The molecule has 1 aliphatic heterocycles. The lowest BCUT2D eigenvalue weighted by Crippen LogP contribution is -1.86. The van der Waals surface area contributed by atoms with Gasteiger partial charge in [-0.05, 0) is 17.7 Å². The maximum Gasteiger partial charge on any atom is 0.328 e. The average molecular weight is 192 g/mol. The van der Waals surface area contributed by atoms with Crippen molar-refractivity contribution in [2.24, 2.45) is 0 Å². The molecule has 0 saturated heterocycles. The summed E-state index contributed by atoms with van der Waals surface area (Å²) >= 11 is 0. The molecule has 0 aliphatic carbocycles. The number of benzene rings is 1. The zero-order chi connectivity index (χ0) is 9.97. The van der Waals surface area contributed by atoms with E-state index in [-0.39, 0.29) is 0 Å². The Labute approximate surface area is 80.3 Å². The van der Waals surface area contributed by atoms with Crippen LogP contribution >= 0.6 is 0 Å². The van der Waals surface area contributed by atoms with E-state index < -0.39 is 5.97 Å². The first kappa shape index (κ1) is 8.77. The van der Waals surface area contributed by atoms with Crippen LogP contribution in [-0.2, 0) is 16.3 Å². The molecule has 1 aromatic carbocycles. The van der Waals surface area contributed by atoms with Gasteiger partial charge in [-0.25, -0.2) is 4.79 Å². The fourth-order valence-corrected chi connectivity index (χ4v) is 1.20. The van der Waals surface area contributed by atoms with Crippen molar-refractivity contribution in [2.45, 2.75) is 6.61 Å². The summed E-state index contributed by atoms with van der Waals surface area (Å²) in [4.78, 5) is 19.9. The molecule has 0 fully saturated rings. The van der Waals surface area contributed by atoms with Gasteiger partial charge in [0, 0.05) is 11.6 Å². The second-order valence-electron chi connectivity index (χ2n) is 2.88. The summed E-state index contributed by atoms with van der Waals surface area (Å²) in [6.45, 7) is 0.443. The highest BCUT2D eigenvalue weighted by atomic mass is 17.2. The van der Waals surface area contributed by atoms with Crippen molar-refractivity contribution in [1.82, 2.24) is 0 Å². The summed E-state index contributed by atoms with van der Waals surface area (Å²) in [7, 11) is 0. The number of rotatable bonds is 2. The highest BCUT2D eigenvalue weighted by Crippen LogP contribution is 2.27. The fourth-order valence-electron chi connectivity index (χ4n) is 1.20. The van der Waals surface area contributed by atoms with Crippen LogP contribution in [0.1, 0.15) is 11.1 Å². The van der Waals surface area contributed by atoms with Crippen LogP contribution in [0.4, 0.5) is 0 Å². The molecule has 1 aliphatic rings. The summed E-state index contributed by atoms with van der Waals surface area (Å²) in [5, 5.41) is 8.43. The predicted molar refractivity (Wildman–Crippen MR) is 48.5 cm³/mol. The minimum Gasteiger partial charge on any atom is -0.478 e. The van der Waals surface area contributed by atoms with Crippen LogP contribution in [0, 0.1) is 0 Å². The van der Waals surface area contributed by atoms with E-state index in [1.165, 1.54) is 6.08 Å². The normalized spacial score (nSPS) is 14.0. The molecule has 0 aromatic heterocycles. The van der Waals surface area contributed by atoms with Gasteiger partial charge in [0.05, 0.1) is 0 Å². The van der Waals surface area contributed by atoms with Crippen LogP contribution in [-0.4, -0.2) is 11.1 Å². The van der Waals surface area contributed by atoms with Crippen molar-refractivity contribution in [1.29, 1.82) is 0 Å². The van der Waals surface area contributed by atoms with Gasteiger partial charge >= 0.3 is 5.97 Å². The summed E-state index contributed by atoms with van der Waals surface area (Å²) < 4.78 is 0. The molecule has 14 heavy (non-hydrogen) atoms. The van der Waals surface area contributed by atoms with E-state index in [1.807, 2.05) is 12.1 Å². The van der Waals surface area contributed by atoms with Crippen LogP contribution in [0.15, 0.2) is 24.3 Å². The van der Waals surface area contributed by atoms with Crippen molar-refractivity contribution < 1.29 is 19.7 Å². The molecule has 0 radical (unpaired) electrons. The summed E-state index contributed by atoms with van der Waals surface area (Å²) in [5.74, 6) is -0.319. The van der Waals surface area contributed by atoms with Crippen LogP contribution in [0.3, 0.4) is 0 Å². The molecule has 72 valence electrons. The van der Waals surface area contributed by atoms with E-state index in [0.29, 0.717) is 12.4 Å². The number of fused-ring (bicyclic) bond motifs is 1. The van der Waals surface area contributed by atoms with Crippen molar-refractivity contribution in [3.63, 3.8) is 0 Å². The first-order valence-corrected chi connectivity index (χ1v) is 4.09. The van der Waals surface area contributed by atoms with Crippen molar-refractivity contribution >= 4 is 12.0 Å². The Bertz CT molecular complexity index is 395. The molecule has 1 aromatic rings. The van der Waals surface area contributed by atoms with Gasteiger partial charge in [-0.15, -0.1) is 0 Å². The molecule has 0 amide bonds. The predicted octanol–water partition coefficient (Wildman–Crippen LogP) is 1.61. The SMILES string of the molecule is O=C(O)C=Cc1ccc2c(c1)OOC2. The molecular formula is C10H8O4. The van der Waals surface area contributed by atoms with Crippen molar-refractivity contribution in [2.75, 3.05) is 0 Å². The number of carboxylic acids is 1. The van der Waals surface area contributed by atoms with Crippen molar-refractivity contribution in [3.8, 4) is 5.75 Å². The first-order valence-electron chi connectivity index (χ1n) is 4.09. The lowest BCUT2D eigenvalue weighted by molar-refractivity contribution is -0.194. The third kappa shape index (κ3) is 1.75. The Kier molecular flexibility index (Phi) is 2.20. The topological polar surface area (TPSA) is 55.8 Å². The highest BCUT2D eigenvalue weighted by molar-refractivity contribution is 5.85. The summed E-state index contributed by atoms with van der Waals surface area (Å²) in [6.07, 6.45) is 2.59. The standard InChI is InChI=1S/C10H8O4/c11-10(12)4-2-7-1-3-8-6-13-14-9(8)5-7/h1-5H,6H2,(H,11,12). The van der Waals surface area contributed by atoms with Crippen LogP contribution in [0.25, 0.3) is 6.08 Å². The van der Waals surface area contributed by atoms with Gasteiger partial charge in [0.2, 0.25) is 0 Å². The quantitative estimate of drug-likeness (QED) is 0.571. The van der Waals surface area contributed by atoms with Crippen LogP contribution in [0.2, 0.25) is 0 Å². The van der Waals surface area contributed by atoms with Gasteiger partial charge in [0.15, 0.2) is 5.75 Å². The van der Waals surface area contributed by atoms with Gasteiger partial charge in [-0.1, -0.05) is 12.1 Å². The molecule has 0 spiro atoms. The van der Waals surface area contributed by atoms with Gasteiger partial charge in [0.25, 0.3) is 0 Å². The van der Waals surface area contributed by atoms with E-state index >= 15 is 0 Å². The second kappa shape index (κ2) is 3.51. The monoisotopic (exact) mass is 192 g/mol. The summed E-state index contributed by atoms with van der Waals surface area (Å²) in [6, 6.07) is 5.40. The molecule has 0 unspecified atom stereocenters. The van der Waals surface area contributed by atoms with E-state index in [9.17, 15) is 4.79 Å². The Hall–Kier alpha value is -1.81. The molecule has 2 rings (SSSR count). The third-order valence-corrected chi connectivity index (χ3v) is 1.87. The molecular weight excluding hydrogens is 184 g/mol. The van der Waals surface area contributed by atoms with E-state index in [4.69, 9.17) is 14.9 Å². The Morgan fingerprint density at radius 1 is 1.50 bits per heavy atom. The molecule has 4 heteroatoms. The number of carboxylic acid groups (broad SMARTS) is 1. The maximum absolute atomic E-state index is 10.3. The van der Waals surface area contributed by atoms with E-state index in [0.717, 1.165) is 17.2 Å². The van der Waals surface area contributed by atoms with E-state index in [2.05, 4.69) is 0 Å². The Morgan fingerprint density at radius 3 is 3.14 bits per heavy atom. The van der Waals surface area contributed by atoms with Gasteiger partial charge in [0.1, 0.15) is 6.61 Å². The molecule has 0 bridgehead atoms. The number of hydrogen-bond acceptors (Lipinski definition) is 3. The highest BCUT2D eigenvalue weighted by Gasteiger charge is 2.12. The zero-order valence-electron chi connectivity index (χ0n) is 7.27. The first-order chi connectivity index (χ1) is 6.75. The molecule has 1 heterocycles. The molecule has 0 saturated carbocycles. The van der Waals surface area contributed by atoms with Crippen molar-refractivity contribution in [3.05, 3.63) is 35.4 Å². The smallest absolute Gasteiger partial charge is 0.328 e. The van der Waals surface area contributed by atoms with Gasteiger partial charge < -0.3 is 9.99 Å². The Balaban J connectivity index is 2.25. The van der Waals surface area contributed by atoms with Crippen LogP contribution in [0.5, 0.6) is 5.75 Å². The third-order valence-electron chi connectivity index (χ3n) is 1.87. The minimum absolute atomic E-state index is 0.443. The number of hydrogen-bond donors (Lipinski definition) is 1. The zero-order valence-corrected chi connectivity index (χ0v) is 7.27. The average Bonchev–Trinajstić information content (AvgIpc) is 2.61. The van der Waals surface area contributed by atoms with Gasteiger partial charge in [-0.2, -0.15) is 4.89 Å². The molecule has 4 nitrogen and oxygen atoms in total. The molecule has 1 N–H and O–H groups in total. The Morgan fingerprint density at radius 2 is 2.36 bits per heavy atom. The largest absolute Gasteiger partial charge is 0.478 e. The second-order valence-corrected chi connectivity index (χ2v) is 2.88. The lowest BCUT2D eigenvalue weighted by Gasteiger charge is -1.96. The molecule has 0 atom stereocenters. The van der Waals surface area contributed by atoms with Gasteiger partial charge in [-0.3, -0.25) is 0 Å². The lowest BCUT2D eigenvalue weighted by atomic mass is 10.1. The minimum atomic E-state index is -0.970. The number of aliphatic carboxylic acids is 1.